The van der Waals surface area contributed by atoms with Crippen molar-refractivity contribution in [3.63, 3.8) is 0 Å². The number of rotatable bonds is 5. The molecule has 0 heterocycles. The summed E-state index contributed by atoms with van der Waals surface area (Å²) in [5.74, 6) is -0.0546. The first-order valence-electron chi connectivity index (χ1n) is 6.39. The third-order valence-electron chi connectivity index (χ3n) is 3.41. The molecular weight excluding hydrogens is 238 g/mol. The summed E-state index contributed by atoms with van der Waals surface area (Å²) in [6, 6.07) is 8.04. The molecule has 1 rings (SSSR count). The van der Waals surface area contributed by atoms with E-state index >= 15 is 0 Å². The van der Waals surface area contributed by atoms with Crippen molar-refractivity contribution in [1.29, 1.82) is 5.26 Å². The molecule has 0 aliphatic carbocycles. The Bertz CT molecular complexity index is 491. The Morgan fingerprint density at radius 1 is 1.47 bits per heavy atom. The number of nitrogens with zero attached hydrogens (tertiary/aromatic N) is 2. The molecule has 0 aliphatic rings. The Morgan fingerprint density at radius 2 is 2.16 bits per heavy atom. The van der Waals surface area contributed by atoms with E-state index < -0.39 is 0 Å². The van der Waals surface area contributed by atoms with E-state index in [1.807, 2.05) is 50.9 Å². The lowest BCUT2D eigenvalue weighted by atomic mass is 10.1. The predicted octanol–water partition coefficient (Wildman–Crippen LogP) is 2.48. The highest BCUT2D eigenvalue weighted by atomic mass is 16.2. The van der Waals surface area contributed by atoms with Crippen molar-refractivity contribution < 1.29 is 4.79 Å². The van der Waals surface area contributed by atoms with Gasteiger partial charge in [0.25, 0.3) is 0 Å². The van der Waals surface area contributed by atoms with Crippen LogP contribution in [0.2, 0.25) is 0 Å². The monoisotopic (exact) mass is 259 g/mol. The summed E-state index contributed by atoms with van der Waals surface area (Å²) in [6.07, 6.45) is 0.424. The highest BCUT2D eigenvalue weighted by molar-refractivity contribution is 5.93. The first-order valence-corrected chi connectivity index (χ1v) is 6.39. The standard InChI is InChI=1S/C15H21N3O/c1-11-6-5-7-14(13(11)3)17-15(19)10-18(4)12(2)8-9-16/h5-7,12H,8,10H2,1-4H3,(H,17,19)/t12-/m1/s1. The second kappa shape index (κ2) is 6.91. The van der Waals surface area contributed by atoms with Crippen molar-refractivity contribution in [3.8, 4) is 6.07 Å². The van der Waals surface area contributed by atoms with Crippen molar-refractivity contribution in [2.24, 2.45) is 0 Å². The van der Waals surface area contributed by atoms with Crippen LogP contribution in [-0.2, 0) is 4.79 Å². The maximum absolute atomic E-state index is 12.0. The van der Waals surface area contributed by atoms with E-state index in [1.165, 1.54) is 0 Å². The van der Waals surface area contributed by atoms with Gasteiger partial charge in [0, 0.05) is 11.7 Å². The molecule has 4 nitrogen and oxygen atoms in total. The van der Waals surface area contributed by atoms with Gasteiger partial charge in [-0.3, -0.25) is 9.69 Å². The minimum absolute atomic E-state index is 0.0546. The van der Waals surface area contributed by atoms with Crippen LogP contribution >= 0.6 is 0 Å². The molecule has 19 heavy (non-hydrogen) atoms. The fourth-order valence-electron chi connectivity index (χ4n) is 1.75. The third kappa shape index (κ3) is 4.38. The highest BCUT2D eigenvalue weighted by Gasteiger charge is 2.13. The first kappa shape index (κ1) is 15.2. The number of likely N-dealkylation sites (N-methyl/N-ethyl adjacent to an activating group) is 1. The summed E-state index contributed by atoms with van der Waals surface area (Å²) < 4.78 is 0. The minimum atomic E-state index is -0.0546. The lowest BCUT2D eigenvalue weighted by molar-refractivity contribution is -0.117. The van der Waals surface area contributed by atoms with Crippen molar-refractivity contribution in [1.82, 2.24) is 4.90 Å². The quantitative estimate of drug-likeness (QED) is 0.883. The van der Waals surface area contributed by atoms with E-state index in [9.17, 15) is 4.79 Å². The zero-order valence-corrected chi connectivity index (χ0v) is 12.0. The van der Waals surface area contributed by atoms with E-state index in [0.717, 1.165) is 16.8 Å². The summed E-state index contributed by atoms with van der Waals surface area (Å²) in [4.78, 5) is 13.8. The number of carbonyl (C=O) groups is 1. The summed E-state index contributed by atoms with van der Waals surface area (Å²) in [6.45, 7) is 6.24. The van der Waals surface area contributed by atoms with Crippen molar-refractivity contribution in [2.45, 2.75) is 33.2 Å². The smallest absolute Gasteiger partial charge is 0.238 e. The van der Waals surface area contributed by atoms with Gasteiger partial charge in [0.05, 0.1) is 19.0 Å². The number of carbonyl (C=O) groups excluding carboxylic acids is 1. The van der Waals surface area contributed by atoms with Gasteiger partial charge in [-0.05, 0) is 45.0 Å². The molecule has 102 valence electrons. The van der Waals surface area contributed by atoms with Crippen LogP contribution in [0.25, 0.3) is 0 Å². The maximum Gasteiger partial charge on any atom is 0.238 e. The molecule has 0 aromatic heterocycles. The number of benzene rings is 1. The fraction of sp³-hybridized carbons (Fsp3) is 0.467. The zero-order valence-electron chi connectivity index (χ0n) is 12.0. The van der Waals surface area contributed by atoms with E-state index in [2.05, 4.69) is 11.4 Å². The lowest BCUT2D eigenvalue weighted by Gasteiger charge is -2.22. The molecular formula is C15H21N3O. The summed E-state index contributed by atoms with van der Waals surface area (Å²) in [7, 11) is 1.85. The van der Waals surface area contributed by atoms with E-state index in [4.69, 9.17) is 5.26 Å². The van der Waals surface area contributed by atoms with Crippen LogP contribution in [0.5, 0.6) is 0 Å². The molecule has 0 bridgehead atoms. The van der Waals surface area contributed by atoms with Crippen LogP contribution in [-0.4, -0.2) is 30.4 Å². The van der Waals surface area contributed by atoms with Crippen molar-refractivity contribution >= 4 is 11.6 Å². The molecule has 0 aliphatic heterocycles. The second-order valence-corrected chi connectivity index (χ2v) is 4.92. The Hall–Kier alpha value is -1.86. The fourth-order valence-corrected chi connectivity index (χ4v) is 1.75. The van der Waals surface area contributed by atoms with Crippen LogP contribution in [0.1, 0.15) is 24.5 Å². The summed E-state index contributed by atoms with van der Waals surface area (Å²) in [5, 5.41) is 11.6. The van der Waals surface area contributed by atoms with Crippen LogP contribution in [0.15, 0.2) is 18.2 Å². The molecule has 1 aromatic carbocycles. The van der Waals surface area contributed by atoms with E-state index in [1.54, 1.807) is 0 Å². The number of hydrogen-bond acceptors (Lipinski definition) is 3. The van der Waals surface area contributed by atoms with Gasteiger partial charge in [-0.15, -0.1) is 0 Å². The number of amides is 1. The maximum atomic E-state index is 12.0. The molecule has 0 saturated heterocycles. The summed E-state index contributed by atoms with van der Waals surface area (Å²) in [5.41, 5.74) is 3.10. The molecule has 1 N–H and O–H groups in total. The molecule has 0 radical (unpaired) electrons. The number of hydrogen-bond donors (Lipinski definition) is 1. The SMILES string of the molecule is Cc1cccc(NC(=O)CN(C)[C@H](C)CC#N)c1C. The van der Waals surface area contributed by atoms with Crippen LogP contribution < -0.4 is 5.32 Å². The average molecular weight is 259 g/mol. The first-order chi connectivity index (χ1) is 8.95. The molecule has 0 saturated carbocycles. The summed E-state index contributed by atoms with van der Waals surface area (Å²) >= 11 is 0. The van der Waals surface area contributed by atoms with Gasteiger partial charge in [0.15, 0.2) is 0 Å². The van der Waals surface area contributed by atoms with E-state index in [0.29, 0.717) is 6.42 Å². The number of nitrogens with one attached hydrogen (secondary N) is 1. The van der Waals surface area contributed by atoms with Gasteiger partial charge in [-0.2, -0.15) is 5.26 Å². The van der Waals surface area contributed by atoms with Gasteiger partial charge in [-0.25, -0.2) is 0 Å². The van der Waals surface area contributed by atoms with Gasteiger partial charge < -0.3 is 5.32 Å². The van der Waals surface area contributed by atoms with Crippen molar-refractivity contribution in [3.05, 3.63) is 29.3 Å². The topological polar surface area (TPSA) is 56.1 Å². The molecule has 1 amide bonds. The van der Waals surface area contributed by atoms with Gasteiger partial charge in [0.1, 0.15) is 0 Å². The minimum Gasteiger partial charge on any atom is -0.325 e. The normalized spacial score (nSPS) is 12.0. The molecule has 1 atom stereocenters. The largest absolute Gasteiger partial charge is 0.325 e. The van der Waals surface area contributed by atoms with Gasteiger partial charge in [-0.1, -0.05) is 12.1 Å². The molecule has 4 heteroatoms. The van der Waals surface area contributed by atoms with Crippen LogP contribution in [0.4, 0.5) is 5.69 Å². The third-order valence-corrected chi connectivity index (χ3v) is 3.41. The van der Waals surface area contributed by atoms with Gasteiger partial charge >= 0.3 is 0 Å². The molecule has 0 unspecified atom stereocenters. The van der Waals surface area contributed by atoms with Crippen LogP contribution in [0.3, 0.4) is 0 Å². The number of anilines is 1. The molecule has 0 spiro atoms. The molecule has 1 aromatic rings. The Kier molecular flexibility index (Phi) is 5.53. The second-order valence-electron chi connectivity index (χ2n) is 4.92. The lowest BCUT2D eigenvalue weighted by Crippen LogP contribution is -2.36. The average Bonchev–Trinajstić information content (AvgIpc) is 2.35. The molecule has 0 fully saturated rings. The Labute approximate surface area is 115 Å². The number of nitriles is 1. The highest BCUT2D eigenvalue weighted by Crippen LogP contribution is 2.17. The van der Waals surface area contributed by atoms with Crippen LogP contribution in [0, 0.1) is 25.2 Å². The number of aryl methyl sites for hydroxylation is 1. The van der Waals surface area contributed by atoms with E-state index in [-0.39, 0.29) is 18.5 Å². The van der Waals surface area contributed by atoms with Gasteiger partial charge in [0.2, 0.25) is 5.91 Å². The van der Waals surface area contributed by atoms with Crippen molar-refractivity contribution in [2.75, 3.05) is 18.9 Å². The Balaban J connectivity index is 2.61. The Morgan fingerprint density at radius 3 is 2.79 bits per heavy atom. The zero-order chi connectivity index (χ0) is 14.4. The predicted molar refractivity (Wildman–Crippen MR) is 76.9 cm³/mol.